The van der Waals surface area contributed by atoms with Gasteiger partial charge in [0.15, 0.2) is 0 Å². The van der Waals surface area contributed by atoms with Crippen LogP contribution in [0.5, 0.6) is 5.75 Å². The molecule has 4 nitrogen and oxygen atoms in total. The molecule has 1 aliphatic heterocycles. The maximum atomic E-state index is 11.6. The Bertz CT molecular complexity index is 411. The van der Waals surface area contributed by atoms with E-state index in [1.807, 2.05) is 38.1 Å². The summed E-state index contributed by atoms with van der Waals surface area (Å²) in [6.45, 7) is 4.48. The van der Waals surface area contributed by atoms with Crippen LogP contribution in [0.2, 0.25) is 0 Å². The highest BCUT2D eigenvalue weighted by atomic mass is 16.5. The summed E-state index contributed by atoms with van der Waals surface area (Å²) in [6.07, 6.45) is 0. The van der Waals surface area contributed by atoms with Crippen LogP contribution in [-0.4, -0.2) is 25.7 Å². The van der Waals surface area contributed by atoms with E-state index in [1.54, 1.807) is 7.11 Å². The van der Waals surface area contributed by atoms with Crippen LogP contribution in [0.4, 0.5) is 5.69 Å². The lowest BCUT2D eigenvalue weighted by Crippen LogP contribution is -2.37. The lowest BCUT2D eigenvalue weighted by molar-refractivity contribution is -0.138. The fourth-order valence-corrected chi connectivity index (χ4v) is 1.85. The molecular formula is C13H17NO3. The molecule has 1 saturated heterocycles. The number of carbonyl (C=O) groups excluding carboxylic acids is 1. The summed E-state index contributed by atoms with van der Waals surface area (Å²) in [5, 5.41) is 3.20. The molecule has 1 heterocycles. The normalized spacial score (nSPS) is 22.1. The van der Waals surface area contributed by atoms with Crippen molar-refractivity contribution in [1.29, 1.82) is 0 Å². The van der Waals surface area contributed by atoms with E-state index in [9.17, 15) is 4.79 Å². The van der Waals surface area contributed by atoms with Crippen molar-refractivity contribution in [2.75, 3.05) is 19.0 Å². The van der Waals surface area contributed by atoms with E-state index in [2.05, 4.69) is 5.32 Å². The van der Waals surface area contributed by atoms with Gasteiger partial charge in [0, 0.05) is 11.1 Å². The van der Waals surface area contributed by atoms with Crippen LogP contribution in [0.25, 0.3) is 0 Å². The van der Waals surface area contributed by atoms with Gasteiger partial charge in [0.1, 0.15) is 11.8 Å². The Labute approximate surface area is 101 Å². The number of nitrogens with one attached hydrogen (secondary N) is 1. The Hall–Kier alpha value is -1.71. The first-order chi connectivity index (χ1) is 8.03. The highest BCUT2D eigenvalue weighted by Gasteiger charge is 2.43. The number of ether oxygens (including phenoxy) is 2. The maximum absolute atomic E-state index is 11.6. The van der Waals surface area contributed by atoms with Crippen LogP contribution < -0.4 is 10.1 Å². The van der Waals surface area contributed by atoms with Crippen LogP contribution in [0, 0.1) is 5.41 Å². The third-order valence-electron chi connectivity index (χ3n) is 3.00. The smallest absolute Gasteiger partial charge is 0.329 e. The molecule has 1 aromatic rings. The first kappa shape index (κ1) is 11.8. The summed E-state index contributed by atoms with van der Waals surface area (Å²) in [4.78, 5) is 11.6. The first-order valence-corrected chi connectivity index (χ1v) is 5.60. The van der Waals surface area contributed by atoms with Crippen molar-refractivity contribution in [3.63, 3.8) is 0 Å². The lowest BCUT2D eigenvalue weighted by Gasteiger charge is -2.23. The Kier molecular flexibility index (Phi) is 2.96. The molecule has 0 radical (unpaired) electrons. The molecule has 0 aliphatic carbocycles. The number of hydrogen-bond donors (Lipinski definition) is 1. The third-order valence-corrected chi connectivity index (χ3v) is 3.00. The fourth-order valence-electron chi connectivity index (χ4n) is 1.85. The molecule has 0 saturated carbocycles. The van der Waals surface area contributed by atoms with E-state index < -0.39 is 0 Å². The average Bonchev–Trinajstić information content (AvgIpc) is 2.57. The molecule has 0 amide bonds. The molecule has 1 atom stereocenters. The second-order valence-electron chi connectivity index (χ2n) is 4.90. The van der Waals surface area contributed by atoms with Crippen LogP contribution in [0.1, 0.15) is 13.8 Å². The molecule has 17 heavy (non-hydrogen) atoms. The summed E-state index contributed by atoms with van der Waals surface area (Å²) in [5.74, 6) is 0.606. The number of rotatable bonds is 3. The van der Waals surface area contributed by atoms with Crippen molar-refractivity contribution >= 4 is 11.7 Å². The van der Waals surface area contributed by atoms with Gasteiger partial charge in [0.2, 0.25) is 0 Å². The van der Waals surface area contributed by atoms with Gasteiger partial charge in [-0.2, -0.15) is 0 Å². The van der Waals surface area contributed by atoms with E-state index in [1.165, 1.54) is 0 Å². The SMILES string of the molecule is COc1ccc(NC2C(=O)OCC2(C)C)cc1. The number of esters is 1. The number of hydrogen-bond acceptors (Lipinski definition) is 4. The number of methoxy groups -OCH3 is 1. The highest BCUT2D eigenvalue weighted by molar-refractivity contribution is 5.82. The van der Waals surface area contributed by atoms with Gasteiger partial charge in [-0.3, -0.25) is 0 Å². The van der Waals surface area contributed by atoms with Gasteiger partial charge in [-0.15, -0.1) is 0 Å². The largest absolute Gasteiger partial charge is 0.497 e. The Balaban J connectivity index is 2.12. The molecule has 1 unspecified atom stereocenters. The summed E-state index contributed by atoms with van der Waals surface area (Å²) in [7, 11) is 1.62. The van der Waals surface area contributed by atoms with E-state index in [-0.39, 0.29) is 17.4 Å². The van der Waals surface area contributed by atoms with Crippen molar-refractivity contribution in [3.05, 3.63) is 24.3 Å². The van der Waals surface area contributed by atoms with Gasteiger partial charge in [-0.25, -0.2) is 4.79 Å². The molecule has 1 fully saturated rings. The predicted molar refractivity (Wildman–Crippen MR) is 65.1 cm³/mol. The van der Waals surface area contributed by atoms with E-state index >= 15 is 0 Å². The fraction of sp³-hybridized carbons (Fsp3) is 0.462. The van der Waals surface area contributed by atoms with E-state index in [0.717, 1.165) is 11.4 Å². The molecular weight excluding hydrogens is 218 g/mol. The second-order valence-corrected chi connectivity index (χ2v) is 4.90. The molecule has 1 aromatic carbocycles. The molecule has 2 rings (SSSR count). The topological polar surface area (TPSA) is 47.6 Å². The monoisotopic (exact) mass is 235 g/mol. The zero-order valence-corrected chi connectivity index (χ0v) is 10.3. The van der Waals surface area contributed by atoms with Crippen LogP contribution in [-0.2, 0) is 9.53 Å². The molecule has 4 heteroatoms. The molecule has 1 N–H and O–H groups in total. The van der Waals surface area contributed by atoms with Crippen LogP contribution >= 0.6 is 0 Å². The van der Waals surface area contributed by atoms with E-state index in [4.69, 9.17) is 9.47 Å². The van der Waals surface area contributed by atoms with Crippen molar-refractivity contribution < 1.29 is 14.3 Å². The van der Waals surface area contributed by atoms with Gasteiger partial charge in [-0.05, 0) is 24.3 Å². The summed E-state index contributed by atoms with van der Waals surface area (Å²) >= 11 is 0. The van der Waals surface area contributed by atoms with Gasteiger partial charge in [-0.1, -0.05) is 13.8 Å². The molecule has 0 spiro atoms. The Morgan fingerprint density at radius 3 is 2.47 bits per heavy atom. The minimum atomic E-state index is -0.295. The van der Waals surface area contributed by atoms with Gasteiger partial charge >= 0.3 is 5.97 Å². The predicted octanol–water partition coefficient (Wildman–Crippen LogP) is 2.06. The second kappa shape index (κ2) is 4.28. The molecule has 92 valence electrons. The van der Waals surface area contributed by atoms with Crippen molar-refractivity contribution in [2.45, 2.75) is 19.9 Å². The van der Waals surface area contributed by atoms with Crippen LogP contribution in [0.3, 0.4) is 0 Å². The van der Waals surface area contributed by atoms with Gasteiger partial charge < -0.3 is 14.8 Å². The van der Waals surface area contributed by atoms with Crippen LogP contribution in [0.15, 0.2) is 24.3 Å². The zero-order chi connectivity index (χ0) is 12.5. The average molecular weight is 235 g/mol. The number of anilines is 1. The number of cyclic esters (lactones) is 1. The van der Waals surface area contributed by atoms with Gasteiger partial charge in [0.25, 0.3) is 0 Å². The maximum Gasteiger partial charge on any atom is 0.329 e. The van der Waals surface area contributed by atoms with Crippen molar-refractivity contribution in [3.8, 4) is 5.75 Å². The summed E-state index contributed by atoms with van der Waals surface area (Å²) in [6, 6.07) is 7.20. The molecule has 0 aromatic heterocycles. The van der Waals surface area contributed by atoms with Crippen molar-refractivity contribution in [2.24, 2.45) is 5.41 Å². The minimum absolute atomic E-state index is 0.184. The quantitative estimate of drug-likeness (QED) is 0.815. The zero-order valence-electron chi connectivity index (χ0n) is 10.3. The number of benzene rings is 1. The van der Waals surface area contributed by atoms with Gasteiger partial charge in [0.05, 0.1) is 13.7 Å². The molecule has 0 bridgehead atoms. The molecule has 1 aliphatic rings. The highest BCUT2D eigenvalue weighted by Crippen LogP contribution is 2.31. The third kappa shape index (κ3) is 2.35. The lowest BCUT2D eigenvalue weighted by atomic mass is 9.87. The Morgan fingerprint density at radius 1 is 1.35 bits per heavy atom. The van der Waals surface area contributed by atoms with Crippen molar-refractivity contribution in [1.82, 2.24) is 0 Å². The summed E-state index contributed by atoms with van der Waals surface area (Å²) in [5.41, 5.74) is 0.708. The number of carbonyl (C=O) groups is 1. The van der Waals surface area contributed by atoms with E-state index in [0.29, 0.717) is 6.61 Å². The Morgan fingerprint density at radius 2 is 2.00 bits per heavy atom. The standard InChI is InChI=1S/C13H17NO3/c1-13(2)8-17-12(15)11(13)14-9-4-6-10(16-3)7-5-9/h4-7,11,14H,8H2,1-3H3. The summed E-state index contributed by atoms with van der Waals surface area (Å²) < 4.78 is 10.2. The minimum Gasteiger partial charge on any atom is -0.497 e. The first-order valence-electron chi connectivity index (χ1n) is 5.60.